The molecule has 28 heavy (non-hydrogen) atoms. The molecule has 0 aromatic heterocycles. The van der Waals surface area contributed by atoms with E-state index in [1.165, 1.54) is 4.90 Å². The lowest BCUT2D eigenvalue weighted by molar-refractivity contribution is -0.143. The van der Waals surface area contributed by atoms with E-state index in [1.807, 2.05) is 20.8 Å². The van der Waals surface area contributed by atoms with Gasteiger partial charge in [-0.3, -0.25) is 19.2 Å². The van der Waals surface area contributed by atoms with E-state index in [4.69, 9.17) is 11.5 Å². The van der Waals surface area contributed by atoms with Crippen molar-refractivity contribution in [2.75, 3.05) is 6.54 Å². The molecule has 4 atom stereocenters. The van der Waals surface area contributed by atoms with E-state index in [2.05, 4.69) is 5.32 Å². The van der Waals surface area contributed by atoms with Crippen LogP contribution in [0.25, 0.3) is 0 Å². The summed E-state index contributed by atoms with van der Waals surface area (Å²) in [7, 11) is 0. The maximum absolute atomic E-state index is 12.8. The highest BCUT2D eigenvalue weighted by Crippen LogP contribution is 2.31. The number of aliphatic hydroxyl groups excluding tert-OH is 1. The number of rotatable bonds is 7. The van der Waals surface area contributed by atoms with Crippen LogP contribution in [-0.4, -0.2) is 64.3 Å². The Morgan fingerprint density at radius 1 is 1.21 bits per heavy atom. The van der Waals surface area contributed by atoms with E-state index < -0.39 is 53.1 Å². The van der Waals surface area contributed by atoms with Crippen LogP contribution in [0.2, 0.25) is 0 Å². The largest absolute Gasteiger partial charge is 0.391 e. The van der Waals surface area contributed by atoms with Gasteiger partial charge in [0, 0.05) is 13.0 Å². The predicted molar refractivity (Wildman–Crippen MR) is 102 cm³/mol. The molecule has 3 amide bonds. The van der Waals surface area contributed by atoms with Crippen LogP contribution in [0.1, 0.15) is 52.9 Å². The highest BCUT2D eigenvalue weighted by atomic mass is 16.3. The molecule has 158 valence electrons. The molecule has 9 nitrogen and oxygen atoms in total. The second-order valence-corrected chi connectivity index (χ2v) is 9.06. The number of likely N-dealkylation sites (tertiary alicyclic amines) is 1. The zero-order chi connectivity index (χ0) is 21.2. The number of carbonyl (C=O) groups excluding carboxylic acids is 4. The molecule has 0 aromatic carbocycles. The minimum Gasteiger partial charge on any atom is -0.391 e. The van der Waals surface area contributed by atoms with Gasteiger partial charge in [0.2, 0.25) is 17.6 Å². The van der Waals surface area contributed by atoms with Crippen LogP contribution in [0, 0.1) is 11.3 Å². The number of nitrogens with one attached hydrogen (secondary N) is 1. The molecule has 2 unspecified atom stereocenters. The van der Waals surface area contributed by atoms with Crippen LogP contribution in [0.5, 0.6) is 0 Å². The Balaban J connectivity index is 2.13. The van der Waals surface area contributed by atoms with Gasteiger partial charge in [-0.15, -0.1) is 0 Å². The first-order valence-electron chi connectivity index (χ1n) is 9.80. The molecular weight excluding hydrogens is 364 g/mol. The Hall–Kier alpha value is -2.00. The van der Waals surface area contributed by atoms with E-state index in [-0.39, 0.29) is 18.9 Å². The van der Waals surface area contributed by atoms with Gasteiger partial charge in [-0.25, -0.2) is 0 Å². The second kappa shape index (κ2) is 8.57. The molecule has 1 saturated carbocycles. The van der Waals surface area contributed by atoms with E-state index in [9.17, 15) is 24.3 Å². The Morgan fingerprint density at radius 3 is 2.29 bits per heavy atom. The monoisotopic (exact) mass is 396 g/mol. The number of primary amides is 1. The second-order valence-electron chi connectivity index (χ2n) is 9.06. The van der Waals surface area contributed by atoms with Gasteiger partial charge in [-0.1, -0.05) is 40.0 Å². The molecule has 1 saturated heterocycles. The summed E-state index contributed by atoms with van der Waals surface area (Å²) in [6.45, 7) is 5.45. The van der Waals surface area contributed by atoms with Crippen molar-refractivity contribution < 1.29 is 24.3 Å². The smallest absolute Gasteiger partial charge is 0.287 e. The van der Waals surface area contributed by atoms with Gasteiger partial charge in [0.1, 0.15) is 6.04 Å². The van der Waals surface area contributed by atoms with Gasteiger partial charge < -0.3 is 26.8 Å². The highest BCUT2D eigenvalue weighted by molar-refractivity contribution is 6.37. The van der Waals surface area contributed by atoms with Crippen LogP contribution in [0.3, 0.4) is 0 Å². The summed E-state index contributed by atoms with van der Waals surface area (Å²) >= 11 is 0. The topological polar surface area (TPSA) is 156 Å². The highest BCUT2D eigenvalue weighted by Gasteiger charge is 2.43. The molecular formula is C19H32N4O5. The van der Waals surface area contributed by atoms with E-state index >= 15 is 0 Å². The number of nitrogens with two attached hydrogens (primary N) is 2. The van der Waals surface area contributed by atoms with Crippen LogP contribution in [-0.2, 0) is 19.2 Å². The molecule has 1 aliphatic carbocycles. The molecule has 1 heterocycles. The predicted octanol–water partition coefficient (Wildman–Crippen LogP) is -0.949. The molecule has 2 aliphatic rings. The SMILES string of the molecule is CC(C)(C)[C@H](N)C(=O)N1CC(O)C[C@H]1C(=O)NC(CC1CCC1)C(=O)C(N)=O. The normalized spacial score (nSPS) is 25.0. The summed E-state index contributed by atoms with van der Waals surface area (Å²) in [6, 6.07) is -2.80. The zero-order valence-electron chi connectivity index (χ0n) is 16.8. The lowest BCUT2D eigenvalue weighted by Crippen LogP contribution is -2.57. The van der Waals surface area contributed by atoms with Gasteiger partial charge in [0.25, 0.3) is 5.91 Å². The third-order valence-electron chi connectivity index (χ3n) is 5.73. The number of nitrogens with zero attached hydrogens (tertiary/aromatic N) is 1. The van der Waals surface area contributed by atoms with Crippen molar-refractivity contribution in [2.45, 2.75) is 77.1 Å². The lowest BCUT2D eigenvalue weighted by atomic mass is 9.80. The first-order valence-corrected chi connectivity index (χ1v) is 9.80. The maximum atomic E-state index is 12.8. The van der Waals surface area contributed by atoms with Crippen LogP contribution in [0.15, 0.2) is 0 Å². The van der Waals surface area contributed by atoms with E-state index in [1.54, 1.807) is 0 Å². The quantitative estimate of drug-likeness (QED) is 0.407. The number of carbonyl (C=O) groups is 4. The summed E-state index contributed by atoms with van der Waals surface area (Å²) in [4.78, 5) is 50.4. The summed E-state index contributed by atoms with van der Waals surface area (Å²) in [5.74, 6) is -2.69. The van der Waals surface area contributed by atoms with Gasteiger partial charge in [0.05, 0.1) is 18.2 Å². The standard InChI is InChI=1S/C19H32N4O5/c1-19(2,3)15(20)18(28)23-9-11(24)8-13(23)17(27)22-12(14(25)16(21)26)7-10-5-4-6-10/h10-13,15,24H,4-9,20H2,1-3H3,(H2,21,26)(H,22,27)/t11?,12?,13-,15+/m0/s1. The van der Waals surface area contributed by atoms with Crippen LogP contribution >= 0.6 is 0 Å². The van der Waals surface area contributed by atoms with Crippen molar-refractivity contribution in [1.82, 2.24) is 10.2 Å². The summed E-state index contributed by atoms with van der Waals surface area (Å²) in [6.07, 6.45) is 2.46. The first kappa shape index (κ1) is 22.3. The minimum absolute atomic E-state index is 0.00222. The molecule has 2 rings (SSSR count). The molecule has 1 aliphatic heterocycles. The molecule has 0 bridgehead atoms. The Labute approximate surface area is 165 Å². The fourth-order valence-electron chi connectivity index (χ4n) is 3.59. The Kier molecular flexibility index (Phi) is 6.82. The summed E-state index contributed by atoms with van der Waals surface area (Å²) < 4.78 is 0. The van der Waals surface area contributed by atoms with Crippen LogP contribution < -0.4 is 16.8 Å². The lowest BCUT2D eigenvalue weighted by Gasteiger charge is -2.33. The average Bonchev–Trinajstić information content (AvgIpc) is 2.95. The third-order valence-corrected chi connectivity index (χ3v) is 5.73. The van der Waals surface area contributed by atoms with Gasteiger partial charge in [0.15, 0.2) is 0 Å². The third kappa shape index (κ3) is 5.08. The molecule has 9 heteroatoms. The fraction of sp³-hybridized carbons (Fsp3) is 0.789. The number of aliphatic hydroxyl groups is 1. The Bertz CT molecular complexity index is 641. The van der Waals surface area contributed by atoms with Crippen LogP contribution in [0.4, 0.5) is 0 Å². The van der Waals surface area contributed by atoms with E-state index in [0.717, 1.165) is 19.3 Å². The van der Waals surface area contributed by atoms with Gasteiger partial charge in [-0.2, -0.15) is 0 Å². The van der Waals surface area contributed by atoms with Crippen molar-refractivity contribution in [1.29, 1.82) is 0 Å². The van der Waals surface area contributed by atoms with Crippen molar-refractivity contribution >= 4 is 23.5 Å². The number of hydrogen-bond acceptors (Lipinski definition) is 6. The van der Waals surface area contributed by atoms with Gasteiger partial charge >= 0.3 is 0 Å². The maximum Gasteiger partial charge on any atom is 0.287 e. The van der Waals surface area contributed by atoms with Crippen molar-refractivity contribution in [3.8, 4) is 0 Å². The Morgan fingerprint density at radius 2 is 1.82 bits per heavy atom. The molecule has 2 fully saturated rings. The number of hydrogen-bond donors (Lipinski definition) is 4. The molecule has 0 spiro atoms. The van der Waals surface area contributed by atoms with E-state index in [0.29, 0.717) is 6.42 Å². The number of Topliss-reactive ketones (excluding diaryl/α,β-unsaturated/α-hetero) is 1. The number of ketones is 1. The van der Waals surface area contributed by atoms with Crippen molar-refractivity contribution in [3.05, 3.63) is 0 Å². The van der Waals surface area contributed by atoms with Crippen molar-refractivity contribution in [2.24, 2.45) is 22.8 Å². The molecule has 0 radical (unpaired) electrons. The van der Waals surface area contributed by atoms with Crippen molar-refractivity contribution in [3.63, 3.8) is 0 Å². The van der Waals surface area contributed by atoms with Gasteiger partial charge in [-0.05, 0) is 17.8 Å². The summed E-state index contributed by atoms with van der Waals surface area (Å²) in [5, 5.41) is 12.6. The number of β-amino-alcohol motifs (C(OH)–C–C–N with tert-alkyl or cyclic N) is 1. The number of amides is 3. The first-order chi connectivity index (χ1) is 12.9. The minimum atomic E-state index is -1.10. The summed E-state index contributed by atoms with van der Waals surface area (Å²) in [5.41, 5.74) is 10.7. The molecule has 0 aromatic rings. The molecule has 6 N–H and O–H groups in total. The zero-order valence-corrected chi connectivity index (χ0v) is 16.8. The fourth-order valence-corrected chi connectivity index (χ4v) is 3.59. The average molecular weight is 396 g/mol.